The maximum Gasteiger partial charge on any atom is 0.317 e. The first-order chi connectivity index (χ1) is 12.0. The second-order valence-electron chi connectivity index (χ2n) is 6.74. The van der Waals surface area contributed by atoms with Gasteiger partial charge in [-0.1, -0.05) is 18.6 Å². The van der Waals surface area contributed by atoms with Crippen LogP contribution in [0, 0.1) is 5.92 Å². The van der Waals surface area contributed by atoms with Crippen LogP contribution in [0.3, 0.4) is 0 Å². The summed E-state index contributed by atoms with van der Waals surface area (Å²) in [6, 6.07) is 7.63. The summed E-state index contributed by atoms with van der Waals surface area (Å²) in [6.45, 7) is 2.55. The summed E-state index contributed by atoms with van der Waals surface area (Å²) in [5, 5.41) is 17.0. The molecule has 1 aromatic heterocycles. The van der Waals surface area contributed by atoms with Crippen LogP contribution in [0.4, 0.5) is 4.79 Å². The molecule has 0 radical (unpaired) electrons. The standard InChI is InChI=1S/C18H25N5O2/c1-13(14-6-8-16(9-7-14)23-12-19-11-20-23)21-18(25)22(2)10-15-4-3-5-17(15)24/h6-9,11-13,15,17,24H,3-5,10H2,1-2H3,(H,21,25). The SMILES string of the molecule is CC(NC(=O)N(C)CC1CCCC1O)c1ccc(-n2cncn2)cc1. The van der Waals surface area contributed by atoms with Crippen LogP contribution >= 0.6 is 0 Å². The lowest BCUT2D eigenvalue weighted by Gasteiger charge is -2.25. The predicted molar refractivity (Wildman–Crippen MR) is 94.3 cm³/mol. The Labute approximate surface area is 147 Å². The van der Waals surface area contributed by atoms with Gasteiger partial charge in [-0.15, -0.1) is 0 Å². The van der Waals surface area contributed by atoms with Gasteiger partial charge in [-0.25, -0.2) is 14.5 Å². The van der Waals surface area contributed by atoms with Gasteiger partial charge in [0.25, 0.3) is 0 Å². The maximum absolute atomic E-state index is 12.4. The Kier molecular flexibility index (Phi) is 5.33. The van der Waals surface area contributed by atoms with Crippen molar-refractivity contribution in [1.29, 1.82) is 0 Å². The number of nitrogens with zero attached hydrogens (tertiary/aromatic N) is 4. The fourth-order valence-electron chi connectivity index (χ4n) is 3.30. The van der Waals surface area contributed by atoms with Crippen molar-refractivity contribution in [1.82, 2.24) is 25.0 Å². The lowest BCUT2D eigenvalue weighted by molar-refractivity contribution is 0.113. The third kappa shape index (κ3) is 4.17. The second-order valence-corrected chi connectivity index (χ2v) is 6.74. The molecule has 0 aliphatic heterocycles. The van der Waals surface area contributed by atoms with Gasteiger partial charge in [-0.2, -0.15) is 5.10 Å². The summed E-state index contributed by atoms with van der Waals surface area (Å²) in [4.78, 5) is 18.0. The van der Waals surface area contributed by atoms with E-state index < -0.39 is 0 Å². The van der Waals surface area contributed by atoms with Crippen molar-refractivity contribution < 1.29 is 9.90 Å². The van der Waals surface area contributed by atoms with Crippen LogP contribution in [0.5, 0.6) is 0 Å². The number of benzene rings is 1. The van der Waals surface area contributed by atoms with Crippen molar-refractivity contribution in [3.8, 4) is 5.69 Å². The first-order valence-electron chi connectivity index (χ1n) is 8.69. The first-order valence-corrected chi connectivity index (χ1v) is 8.69. The zero-order chi connectivity index (χ0) is 17.8. The van der Waals surface area contributed by atoms with Gasteiger partial charge < -0.3 is 15.3 Å². The summed E-state index contributed by atoms with van der Waals surface area (Å²) in [6.07, 6.45) is 5.72. The molecule has 0 spiro atoms. The van der Waals surface area contributed by atoms with Crippen LogP contribution in [-0.4, -0.2) is 50.5 Å². The summed E-state index contributed by atoms with van der Waals surface area (Å²) in [5.41, 5.74) is 1.94. The number of hydrogen-bond acceptors (Lipinski definition) is 4. The van der Waals surface area contributed by atoms with Crippen LogP contribution < -0.4 is 5.32 Å². The Morgan fingerprint density at radius 1 is 1.40 bits per heavy atom. The van der Waals surface area contributed by atoms with E-state index in [0.29, 0.717) is 6.54 Å². The number of rotatable bonds is 5. The molecule has 1 saturated carbocycles. The number of amides is 2. The molecule has 3 atom stereocenters. The van der Waals surface area contributed by atoms with Crippen molar-refractivity contribution >= 4 is 6.03 Å². The van der Waals surface area contributed by atoms with E-state index in [1.807, 2.05) is 31.2 Å². The van der Waals surface area contributed by atoms with Crippen molar-refractivity contribution in [2.75, 3.05) is 13.6 Å². The van der Waals surface area contributed by atoms with E-state index in [0.717, 1.165) is 30.5 Å². The van der Waals surface area contributed by atoms with Gasteiger partial charge in [-0.05, 0) is 37.5 Å². The number of aromatic nitrogens is 3. The molecule has 1 aliphatic carbocycles. The Bertz CT molecular complexity index is 686. The lowest BCUT2D eigenvalue weighted by Crippen LogP contribution is -2.42. The smallest absolute Gasteiger partial charge is 0.317 e. The van der Waals surface area contributed by atoms with E-state index >= 15 is 0 Å². The molecule has 3 unspecified atom stereocenters. The second kappa shape index (κ2) is 7.65. The van der Waals surface area contributed by atoms with Crippen molar-refractivity contribution in [2.24, 2.45) is 5.92 Å². The zero-order valence-electron chi connectivity index (χ0n) is 14.7. The van der Waals surface area contributed by atoms with Crippen LogP contribution in [0.2, 0.25) is 0 Å². The van der Waals surface area contributed by atoms with Gasteiger partial charge in [0.2, 0.25) is 0 Å². The molecule has 1 fully saturated rings. The molecule has 2 N–H and O–H groups in total. The van der Waals surface area contributed by atoms with Crippen LogP contribution in [0.25, 0.3) is 5.69 Å². The van der Waals surface area contributed by atoms with E-state index in [2.05, 4.69) is 15.4 Å². The minimum atomic E-state index is -0.281. The third-order valence-electron chi connectivity index (χ3n) is 4.89. The number of carbonyl (C=O) groups is 1. The molecule has 1 heterocycles. The Morgan fingerprint density at radius 2 is 2.16 bits per heavy atom. The molecular weight excluding hydrogens is 318 g/mol. The molecule has 2 aromatic rings. The number of urea groups is 1. The summed E-state index contributed by atoms with van der Waals surface area (Å²) in [5.74, 6) is 0.188. The number of aliphatic hydroxyl groups is 1. The minimum absolute atomic E-state index is 0.103. The molecule has 25 heavy (non-hydrogen) atoms. The minimum Gasteiger partial charge on any atom is -0.393 e. The Balaban J connectivity index is 1.55. The van der Waals surface area contributed by atoms with Crippen molar-refractivity contribution in [3.63, 3.8) is 0 Å². The van der Waals surface area contributed by atoms with Gasteiger partial charge in [0.15, 0.2) is 0 Å². The van der Waals surface area contributed by atoms with Gasteiger partial charge >= 0.3 is 6.03 Å². The van der Waals surface area contributed by atoms with Gasteiger partial charge in [0, 0.05) is 19.5 Å². The molecule has 1 aliphatic rings. The predicted octanol–water partition coefficient (Wildman–Crippen LogP) is 2.13. The molecule has 7 heteroatoms. The van der Waals surface area contributed by atoms with Crippen LogP contribution in [0.15, 0.2) is 36.9 Å². The zero-order valence-corrected chi connectivity index (χ0v) is 14.7. The Hall–Kier alpha value is -2.41. The van der Waals surface area contributed by atoms with Gasteiger partial charge in [0.1, 0.15) is 12.7 Å². The molecule has 2 amide bonds. The Morgan fingerprint density at radius 3 is 2.76 bits per heavy atom. The van der Waals surface area contributed by atoms with E-state index in [4.69, 9.17) is 0 Å². The summed E-state index contributed by atoms with van der Waals surface area (Å²) in [7, 11) is 1.78. The number of hydrogen-bond donors (Lipinski definition) is 2. The average molecular weight is 343 g/mol. The molecule has 3 rings (SSSR count). The highest BCUT2D eigenvalue weighted by Crippen LogP contribution is 2.26. The highest BCUT2D eigenvalue weighted by molar-refractivity contribution is 5.74. The van der Waals surface area contributed by atoms with Gasteiger partial charge in [0.05, 0.1) is 17.8 Å². The van der Waals surface area contributed by atoms with E-state index in [9.17, 15) is 9.90 Å². The van der Waals surface area contributed by atoms with Crippen molar-refractivity contribution in [3.05, 3.63) is 42.5 Å². The third-order valence-corrected chi connectivity index (χ3v) is 4.89. The molecule has 1 aromatic carbocycles. The molecule has 0 saturated heterocycles. The average Bonchev–Trinajstić information content (AvgIpc) is 3.27. The highest BCUT2D eigenvalue weighted by atomic mass is 16.3. The molecule has 134 valence electrons. The van der Waals surface area contributed by atoms with Crippen LogP contribution in [-0.2, 0) is 0 Å². The number of carbonyl (C=O) groups excluding carboxylic acids is 1. The topological polar surface area (TPSA) is 83.3 Å². The van der Waals surface area contributed by atoms with E-state index in [1.54, 1.807) is 23.0 Å². The fourth-order valence-corrected chi connectivity index (χ4v) is 3.30. The van der Waals surface area contributed by atoms with Gasteiger partial charge in [-0.3, -0.25) is 0 Å². The quantitative estimate of drug-likeness (QED) is 0.871. The molecule has 0 bridgehead atoms. The maximum atomic E-state index is 12.4. The number of nitrogens with one attached hydrogen (secondary N) is 1. The molecule has 7 nitrogen and oxygen atoms in total. The van der Waals surface area contributed by atoms with E-state index in [-0.39, 0.29) is 24.1 Å². The van der Waals surface area contributed by atoms with E-state index in [1.165, 1.54) is 6.33 Å². The van der Waals surface area contributed by atoms with Crippen molar-refractivity contribution in [2.45, 2.75) is 38.3 Å². The van der Waals surface area contributed by atoms with Crippen LogP contribution in [0.1, 0.15) is 37.8 Å². The first kappa shape index (κ1) is 17.4. The lowest BCUT2D eigenvalue weighted by atomic mass is 10.1. The largest absolute Gasteiger partial charge is 0.393 e. The summed E-state index contributed by atoms with van der Waals surface area (Å²) >= 11 is 0. The number of aliphatic hydroxyl groups excluding tert-OH is 1. The highest BCUT2D eigenvalue weighted by Gasteiger charge is 2.27. The molecular formula is C18H25N5O2. The fraction of sp³-hybridized carbons (Fsp3) is 0.500. The summed E-state index contributed by atoms with van der Waals surface area (Å²) < 4.78 is 1.69. The normalized spacial score (nSPS) is 21.1. The monoisotopic (exact) mass is 343 g/mol.